The number of nitrogens with one attached hydrogen (secondary N) is 2. The van der Waals surface area contributed by atoms with E-state index in [1.807, 2.05) is 7.05 Å². The van der Waals surface area contributed by atoms with Gasteiger partial charge >= 0.3 is 0 Å². The van der Waals surface area contributed by atoms with Crippen molar-refractivity contribution in [2.75, 3.05) is 25.9 Å². The Hall–Kier alpha value is -0.380. The predicted octanol–water partition coefficient (Wildman–Crippen LogP) is 2.09. The minimum atomic E-state index is 0.398. The molecule has 0 amide bonds. The van der Waals surface area contributed by atoms with Crippen LogP contribution in [0.3, 0.4) is 0 Å². The van der Waals surface area contributed by atoms with Crippen molar-refractivity contribution in [1.82, 2.24) is 10.6 Å². The third-order valence-electron chi connectivity index (χ3n) is 2.83. The SMILES string of the molecule is CN=C(NCC(C)C)NCC1(C)CCCS1. The van der Waals surface area contributed by atoms with Gasteiger partial charge in [-0.15, -0.1) is 0 Å². The van der Waals surface area contributed by atoms with Crippen LogP contribution in [0.5, 0.6) is 0 Å². The summed E-state index contributed by atoms with van der Waals surface area (Å²) in [5.74, 6) is 2.88. The Bertz CT molecular complexity index is 232. The first kappa shape index (κ1) is 13.7. The second-order valence-corrected chi connectivity index (χ2v) is 6.78. The van der Waals surface area contributed by atoms with Gasteiger partial charge in [0.25, 0.3) is 0 Å². The zero-order valence-electron chi connectivity index (χ0n) is 11.0. The lowest BCUT2D eigenvalue weighted by atomic mass is 10.1. The zero-order valence-corrected chi connectivity index (χ0v) is 11.8. The van der Waals surface area contributed by atoms with Crippen LogP contribution >= 0.6 is 11.8 Å². The molecule has 0 aromatic rings. The summed E-state index contributed by atoms with van der Waals surface area (Å²) < 4.78 is 0.398. The van der Waals surface area contributed by atoms with Crippen LogP contribution in [-0.2, 0) is 0 Å². The highest BCUT2D eigenvalue weighted by atomic mass is 32.2. The molecule has 0 aromatic carbocycles. The van der Waals surface area contributed by atoms with Crippen LogP contribution in [0.4, 0.5) is 0 Å². The van der Waals surface area contributed by atoms with Crippen molar-refractivity contribution in [3.63, 3.8) is 0 Å². The Kier molecular flexibility index (Phi) is 5.46. The Balaban J connectivity index is 2.28. The van der Waals surface area contributed by atoms with E-state index in [0.29, 0.717) is 10.7 Å². The molecule has 1 saturated heterocycles. The molecule has 94 valence electrons. The zero-order chi connectivity index (χ0) is 12.0. The largest absolute Gasteiger partial charge is 0.356 e. The molecule has 4 heteroatoms. The number of hydrogen-bond donors (Lipinski definition) is 2. The van der Waals surface area contributed by atoms with Gasteiger partial charge in [-0.05, 0) is 31.4 Å². The highest BCUT2D eigenvalue weighted by Crippen LogP contribution is 2.36. The Labute approximate surface area is 104 Å². The summed E-state index contributed by atoms with van der Waals surface area (Å²) in [6.07, 6.45) is 2.66. The maximum absolute atomic E-state index is 4.24. The Morgan fingerprint density at radius 2 is 2.19 bits per heavy atom. The number of thioether (sulfide) groups is 1. The summed E-state index contributed by atoms with van der Waals surface area (Å²) in [6, 6.07) is 0. The second-order valence-electron chi connectivity index (χ2n) is 5.10. The van der Waals surface area contributed by atoms with Crippen LogP contribution in [0.15, 0.2) is 4.99 Å². The molecule has 0 aliphatic carbocycles. The third-order valence-corrected chi connectivity index (χ3v) is 4.37. The van der Waals surface area contributed by atoms with Crippen LogP contribution in [0, 0.1) is 5.92 Å². The summed E-state index contributed by atoms with van der Waals surface area (Å²) in [6.45, 7) is 8.73. The van der Waals surface area contributed by atoms with Crippen LogP contribution < -0.4 is 10.6 Å². The standard InChI is InChI=1S/C12H25N3S/c1-10(2)8-14-11(13-4)15-9-12(3)6-5-7-16-12/h10H,5-9H2,1-4H3,(H2,13,14,15). The van der Waals surface area contributed by atoms with E-state index in [1.165, 1.54) is 18.6 Å². The first-order valence-corrected chi connectivity index (χ1v) is 7.13. The summed E-state index contributed by atoms with van der Waals surface area (Å²) in [5.41, 5.74) is 0. The van der Waals surface area contributed by atoms with Gasteiger partial charge in [0.15, 0.2) is 5.96 Å². The molecule has 1 heterocycles. The minimum absolute atomic E-state index is 0.398. The van der Waals surface area contributed by atoms with E-state index in [2.05, 4.69) is 48.2 Å². The topological polar surface area (TPSA) is 36.4 Å². The van der Waals surface area contributed by atoms with Crippen LogP contribution in [-0.4, -0.2) is 36.6 Å². The lowest BCUT2D eigenvalue weighted by Crippen LogP contribution is -2.44. The smallest absolute Gasteiger partial charge is 0.191 e. The Morgan fingerprint density at radius 1 is 1.44 bits per heavy atom. The maximum Gasteiger partial charge on any atom is 0.191 e. The number of nitrogens with zero attached hydrogens (tertiary/aromatic N) is 1. The summed E-state index contributed by atoms with van der Waals surface area (Å²) in [7, 11) is 1.83. The monoisotopic (exact) mass is 243 g/mol. The van der Waals surface area contributed by atoms with Crippen molar-refractivity contribution in [3.8, 4) is 0 Å². The summed E-state index contributed by atoms with van der Waals surface area (Å²) in [5, 5.41) is 6.76. The van der Waals surface area contributed by atoms with E-state index in [1.54, 1.807) is 0 Å². The van der Waals surface area contributed by atoms with E-state index in [4.69, 9.17) is 0 Å². The molecule has 2 N–H and O–H groups in total. The highest BCUT2D eigenvalue weighted by molar-refractivity contribution is 8.00. The summed E-state index contributed by atoms with van der Waals surface area (Å²) >= 11 is 2.08. The fraction of sp³-hybridized carbons (Fsp3) is 0.917. The lowest BCUT2D eigenvalue weighted by Gasteiger charge is -2.24. The van der Waals surface area contributed by atoms with Crippen molar-refractivity contribution in [1.29, 1.82) is 0 Å². The predicted molar refractivity (Wildman–Crippen MR) is 74.3 cm³/mol. The average molecular weight is 243 g/mol. The quantitative estimate of drug-likeness (QED) is 0.586. The molecule has 0 saturated carbocycles. The van der Waals surface area contributed by atoms with Crippen molar-refractivity contribution >= 4 is 17.7 Å². The maximum atomic E-state index is 4.24. The van der Waals surface area contributed by atoms with Gasteiger partial charge < -0.3 is 10.6 Å². The average Bonchev–Trinajstić information content (AvgIpc) is 2.65. The third kappa shape index (κ3) is 4.64. The molecule has 0 spiro atoms. The molecule has 0 bridgehead atoms. The van der Waals surface area contributed by atoms with Gasteiger partial charge in [0.2, 0.25) is 0 Å². The molecule has 1 aliphatic heterocycles. The first-order chi connectivity index (χ1) is 7.56. The van der Waals surface area contributed by atoms with Gasteiger partial charge in [-0.2, -0.15) is 11.8 Å². The number of hydrogen-bond acceptors (Lipinski definition) is 2. The molecule has 1 rings (SSSR count). The van der Waals surface area contributed by atoms with Crippen molar-refractivity contribution in [2.24, 2.45) is 10.9 Å². The van der Waals surface area contributed by atoms with Gasteiger partial charge in [-0.25, -0.2) is 0 Å². The lowest BCUT2D eigenvalue weighted by molar-refractivity contribution is 0.573. The molecule has 3 nitrogen and oxygen atoms in total. The van der Waals surface area contributed by atoms with Crippen LogP contribution in [0.1, 0.15) is 33.6 Å². The fourth-order valence-corrected chi connectivity index (χ4v) is 3.01. The van der Waals surface area contributed by atoms with E-state index in [0.717, 1.165) is 19.0 Å². The van der Waals surface area contributed by atoms with Gasteiger partial charge in [-0.3, -0.25) is 4.99 Å². The van der Waals surface area contributed by atoms with Gasteiger partial charge in [0, 0.05) is 24.9 Å². The molecule has 1 unspecified atom stereocenters. The summed E-state index contributed by atoms with van der Waals surface area (Å²) in [4.78, 5) is 4.24. The van der Waals surface area contributed by atoms with E-state index in [-0.39, 0.29) is 0 Å². The van der Waals surface area contributed by atoms with Crippen molar-refractivity contribution < 1.29 is 0 Å². The Morgan fingerprint density at radius 3 is 2.69 bits per heavy atom. The fourth-order valence-electron chi connectivity index (χ4n) is 1.77. The van der Waals surface area contributed by atoms with Crippen LogP contribution in [0.2, 0.25) is 0 Å². The molecular weight excluding hydrogens is 218 g/mol. The van der Waals surface area contributed by atoms with E-state index in [9.17, 15) is 0 Å². The van der Waals surface area contributed by atoms with Crippen molar-refractivity contribution in [3.05, 3.63) is 0 Å². The molecule has 0 radical (unpaired) electrons. The van der Waals surface area contributed by atoms with Gasteiger partial charge in [-0.1, -0.05) is 13.8 Å². The molecule has 1 atom stereocenters. The van der Waals surface area contributed by atoms with Gasteiger partial charge in [0.1, 0.15) is 0 Å². The minimum Gasteiger partial charge on any atom is -0.356 e. The van der Waals surface area contributed by atoms with E-state index >= 15 is 0 Å². The van der Waals surface area contributed by atoms with Crippen LogP contribution in [0.25, 0.3) is 0 Å². The number of rotatable bonds is 4. The highest BCUT2D eigenvalue weighted by Gasteiger charge is 2.29. The molecule has 1 fully saturated rings. The second kappa shape index (κ2) is 6.38. The first-order valence-electron chi connectivity index (χ1n) is 6.14. The molecule has 16 heavy (non-hydrogen) atoms. The van der Waals surface area contributed by atoms with Crippen molar-refractivity contribution in [2.45, 2.75) is 38.4 Å². The number of aliphatic imine (C=N–C) groups is 1. The van der Waals surface area contributed by atoms with Gasteiger partial charge in [0.05, 0.1) is 0 Å². The molecule has 0 aromatic heterocycles. The van der Waals surface area contributed by atoms with E-state index < -0.39 is 0 Å². The molecule has 1 aliphatic rings. The normalized spacial score (nSPS) is 26.2. The number of guanidine groups is 1. The molecular formula is C12H25N3S.